The molecule has 0 bridgehead atoms. The summed E-state index contributed by atoms with van der Waals surface area (Å²) >= 11 is 0. The van der Waals surface area contributed by atoms with Crippen molar-refractivity contribution < 1.29 is 9.18 Å². The van der Waals surface area contributed by atoms with E-state index in [0.29, 0.717) is 5.56 Å². The zero-order valence-electron chi connectivity index (χ0n) is 11.8. The van der Waals surface area contributed by atoms with E-state index in [2.05, 4.69) is 5.10 Å². The van der Waals surface area contributed by atoms with E-state index in [0.717, 1.165) is 21.9 Å². The molecule has 0 atom stereocenters. The Labute approximate surface area is 125 Å². The Hall–Kier alpha value is -2.95. The van der Waals surface area contributed by atoms with E-state index in [9.17, 15) is 9.18 Å². The maximum absolute atomic E-state index is 13.1. The third-order valence-corrected chi connectivity index (χ3v) is 3.85. The van der Waals surface area contributed by atoms with Crippen molar-refractivity contribution >= 4 is 27.8 Å². The first-order valence-electron chi connectivity index (χ1n) is 6.88. The Morgan fingerprint density at radius 1 is 1.05 bits per heavy atom. The minimum Gasteiger partial charge on any atom is -0.272 e. The van der Waals surface area contributed by atoms with Gasteiger partial charge in [0.2, 0.25) is 0 Å². The SMILES string of the molecule is Cn1ncc2c1c1ccccc1n2C(=O)c1ccc(F)cc1. The highest BCUT2D eigenvalue weighted by molar-refractivity contribution is 6.14. The first-order valence-corrected chi connectivity index (χ1v) is 6.88. The van der Waals surface area contributed by atoms with Crippen LogP contribution >= 0.6 is 0 Å². The van der Waals surface area contributed by atoms with Crippen LogP contribution in [0, 0.1) is 5.82 Å². The molecule has 2 aromatic carbocycles. The quantitative estimate of drug-likeness (QED) is 0.540. The van der Waals surface area contributed by atoms with E-state index in [4.69, 9.17) is 0 Å². The van der Waals surface area contributed by atoms with Gasteiger partial charge in [0, 0.05) is 18.0 Å². The Balaban J connectivity index is 2.04. The molecule has 5 heteroatoms. The molecule has 4 rings (SSSR count). The molecule has 22 heavy (non-hydrogen) atoms. The van der Waals surface area contributed by atoms with Crippen LogP contribution in [0.5, 0.6) is 0 Å². The highest BCUT2D eigenvalue weighted by atomic mass is 19.1. The first-order chi connectivity index (χ1) is 10.7. The Morgan fingerprint density at radius 3 is 2.55 bits per heavy atom. The van der Waals surface area contributed by atoms with Crippen molar-refractivity contribution in [1.29, 1.82) is 0 Å². The Bertz CT molecular complexity index is 1010. The van der Waals surface area contributed by atoms with Gasteiger partial charge in [0.1, 0.15) is 5.82 Å². The topological polar surface area (TPSA) is 39.8 Å². The molecule has 2 aromatic heterocycles. The van der Waals surface area contributed by atoms with E-state index in [1.54, 1.807) is 15.4 Å². The number of aromatic nitrogens is 3. The summed E-state index contributed by atoms with van der Waals surface area (Å²) in [6.07, 6.45) is 1.68. The van der Waals surface area contributed by atoms with Crippen LogP contribution in [0.3, 0.4) is 0 Å². The van der Waals surface area contributed by atoms with Gasteiger partial charge in [-0.25, -0.2) is 4.39 Å². The number of hydrogen-bond donors (Lipinski definition) is 0. The lowest BCUT2D eigenvalue weighted by Crippen LogP contribution is -2.11. The van der Waals surface area contributed by atoms with Gasteiger partial charge < -0.3 is 0 Å². The number of para-hydroxylation sites is 1. The number of hydrogen-bond acceptors (Lipinski definition) is 2. The first kappa shape index (κ1) is 12.8. The van der Waals surface area contributed by atoms with Gasteiger partial charge in [-0.15, -0.1) is 0 Å². The highest BCUT2D eigenvalue weighted by Crippen LogP contribution is 2.29. The number of halogens is 1. The third kappa shape index (κ3) is 1.69. The fourth-order valence-electron chi connectivity index (χ4n) is 2.84. The van der Waals surface area contributed by atoms with Crippen LogP contribution < -0.4 is 0 Å². The van der Waals surface area contributed by atoms with Crippen molar-refractivity contribution in [3.8, 4) is 0 Å². The highest BCUT2D eigenvalue weighted by Gasteiger charge is 2.19. The van der Waals surface area contributed by atoms with Gasteiger partial charge in [-0.1, -0.05) is 18.2 Å². The number of carbonyl (C=O) groups is 1. The van der Waals surface area contributed by atoms with Crippen molar-refractivity contribution in [2.75, 3.05) is 0 Å². The van der Waals surface area contributed by atoms with Crippen LogP contribution in [-0.2, 0) is 7.05 Å². The third-order valence-electron chi connectivity index (χ3n) is 3.85. The maximum Gasteiger partial charge on any atom is 0.262 e. The molecule has 0 aliphatic rings. The zero-order chi connectivity index (χ0) is 15.3. The summed E-state index contributed by atoms with van der Waals surface area (Å²) in [5.74, 6) is -0.556. The average molecular weight is 293 g/mol. The molecule has 2 heterocycles. The minimum atomic E-state index is -0.361. The lowest BCUT2D eigenvalue weighted by molar-refractivity contribution is 0.0969. The smallest absolute Gasteiger partial charge is 0.262 e. The van der Waals surface area contributed by atoms with Crippen LogP contribution in [0.1, 0.15) is 10.4 Å². The summed E-state index contributed by atoms with van der Waals surface area (Å²) < 4.78 is 16.5. The van der Waals surface area contributed by atoms with Crippen molar-refractivity contribution in [2.45, 2.75) is 0 Å². The molecule has 4 aromatic rings. The van der Waals surface area contributed by atoms with Crippen LogP contribution in [0.25, 0.3) is 21.9 Å². The van der Waals surface area contributed by atoms with Crippen LogP contribution in [0.15, 0.2) is 54.7 Å². The number of rotatable bonds is 1. The van der Waals surface area contributed by atoms with Crippen molar-refractivity contribution in [3.05, 3.63) is 66.1 Å². The molecule has 0 N–H and O–H groups in total. The van der Waals surface area contributed by atoms with Gasteiger partial charge in [-0.2, -0.15) is 5.10 Å². The van der Waals surface area contributed by atoms with Gasteiger partial charge in [0.25, 0.3) is 5.91 Å². The Kier molecular flexibility index (Phi) is 2.63. The second kappa shape index (κ2) is 4.53. The normalized spacial score (nSPS) is 11.4. The summed E-state index contributed by atoms with van der Waals surface area (Å²) in [7, 11) is 1.85. The molecular weight excluding hydrogens is 281 g/mol. The molecule has 0 saturated carbocycles. The summed E-state index contributed by atoms with van der Waals surface area (Å²) in [4.78, 5) is 12.9. The molecule has 4 nitrogen and oxygen atoms in total. The lowest BCUT2D eigenvalue weighted by atomic mass is 10.2. The molecular formula is C17H12FN3O. The minimum absolute atomic E-state index is 0.195. The van der Waals surface area contributed by atoms with Crippen molar-refractivity contribution in [2.24, 2.45) is 7.05 Å². The standard InChI is InChI=1S/C17H12FN3O/c1-20-16-13-4-2-3-5-14(13)21(15(16)10-19-20)17(22)11-6-8-12(18)9-7-11/h2-10H,1H3. The van der Waals surface area contributed by atoms with Crippen LogP contribution in [0.4, 0.5) is 4.39 Å². The van der Waals surface area contributed by atoms with Gasteiger partial charge in [-0.05, 0) is 30.3 Å². The van der Waals surface area contributed by atoms with E-state index in [1.165, 1.54) is 24.3 Å². The largest absolute Gasteiger partial charge is 0.272 e. The van der Waals surface area contributed by atoms with Gasteiger partial charge >= 0.3 is 0 Å². The van der Waals surface area contributed by atoms with Crippen molar-refractivity contribution in [1.82, 2.24) is 14.3 Å². The zero-order valence-corrected chi connectivity index (χ0v) is 11.8. The number of fused-ring (bicyclic) bond motifs is 3. The molecule has 0 fully saturated rings. The molecule has 0 spiro atoms. The lowest BCUT2D eigenvalue weighted by Gasteiger charge is -2.05. The predicted molar refractivity (Wildman–Crippen MR) is 82.3 cm³/mol. The molecule has 0 radical (unpaired) electrons. The molecule has 0 saturated heterocycles. The van der Waals surface area contributed by atoms with E-state index in [-0.39, 0.29) is 11.7 Å². The number of carbonyl (C=O) groups excluding carboxylic acids is 1. The fraction of sp³-hybridized carbons (Fsp3) is 0.0588. The fourth-order valence-corrected chi connectivity index (χ4v) is 2.84. The van der Waals surface area contributed by atoms with Gasteiger partial charge in [0.05, 0.1) is 22.7 Å². The number of nitrogens with zero attached hydrogens (tertiary/aromatic N) is 3. The molecule has 0 aliphatic heterocycles. The van der Waals surface area contributed by atoms with Crippen LogP contribution in [-0.4, -0.2) is 20.3 Å². The summed E-state index contributed by atoms with van der Waals surface area (Å²) in [6, 6.07) is 13.3. The second-order valence-electron chi connectivity index (χ2n) is 5.17. The molecule has 0 amide bonds. The van der Waals surface area contributed by atoms with E-state index in [1.807, 2.05) is 31.3 Å². The van der Waals surface area contributed by atoms with E-state index < -0.39 is 0 Å². The van der Waals surface area contributed by atoms with Crippen LogP contribution in [0.2, 0.25) is 0 Å². The monoisotopic (exact) mass is 293 g/mol. The average Bonchev–Trinajstić information content (AvgIpc) is 3.06. The number of benzene rings is 2. The second-order valence-corrected chi connectivity index (χ2v) is 5.17. The molecule has 108 valence electrons. The number of aryl methyl sites for hydroxylation is 1. The van der Waals surface area contributed by atoms with E-state index >= 15 is 0 Å². The van der Waals surface area contributed by atoms with Gasteiger partial charge in [0.15, 0.2) is 0 Å². The van der Waals surface area contributed by atoms with Gasteiger partial charge in [-0.3, -0.25) is 14.0 Å². The molecule has 0 unspecified atom stereocenters. The van der Waals surface area contributed by atoms with Crippen molar-refractivity contribution in [3.63, 3.8) is 0 Å². The Morgan fingerprint density at radius 2 is 1.77 bits per heavy atom. The summed E-state index contributed by atoms with van der Waals surface area (Å²) in [5, 5.41) is 5.21. The summed E-state index contributed by atoms with van der Waals surface area (Å²) in [5.41, 5.74) is 2.91. The maximum atomic E-state index is 13.1. The summed E-state index contributed by atoms with van der Waals surface area (Å²) in [6.45, 7) is 0. The molecule has 0 aliphatic carbocycles. The predicted octanol–water partition coefficient (Wildman–Crippen LogP) is 3.36.